The third-order valence-electron chi connectivity index (χ3n) is 2.02. The molecule has 0 fully saturated rings. The molecule has 86 valence electrons. The largest absolute Gasteiger partial charge is 0.478 e. The van der Waals surface area contributed by atoms with Crippen molar-refractivity contribution in [3.8, 4) is 0 Å². The van der Waals surface area contributed by atoms with Crippen molar-refractivity contribution in [3.05, 3.63) is 48.0 Å². The van der Waals surface area contributed by atoms with Crippen molar-refractivity contribution in [1.82, 2.24) is 9.97 Å². The molecule has 0 aliphatic rings. The molecule has 0 aliphatic heterocycles. The highest BCUT2D eigenvalue weighted by molar-refractivity contribution is 5.88. The molecule has 17 heavy (non-hydrogen) atoms. The highest BCUT2D eigenvalue weighted by atomic mass is 19.1. The van der Waals surface area contributed by atoms with Crippen LogP contribution in [-0.2, 0) is 0 Å². The maximum absolute atomic E-state index is 13.3. The van der Waals surface area contributed by atoms with Gasteiger partial charge in [-0.25, -0.2) is 19.2 Å². The summed E-state index contributed by atoms with van der Waals surface area (Å²) in [7, 11) is 0. The van der Waals surface area contributed by atoms with Gasteiger partial charge in [-0.1, -0.05) is 0 Å². The first-order chi connectivity index (χ1) is 8.16. The smallest absolute Gasteiger partial charge is 0.338 e. The molecule has 0 spiro atoms. The van der Waals surface area contributed by atoms with Gasteiger partial charge < -0.3 is 10.4 Å². The number of carbonyl (C=O) groups is 1. The lowest BCUT2D eigenvalue weighted by atomic mass is 10.2. The van der Waals surface area contributed by atoms with Crippen LogP contribution in [0.15, 0.2) is 36.7 Å². The summed E-state index contributed by atoms with van der Waals surface area (Å²) in [5.74, 6) is -1.79. The highest BCUT2D eigenvalue weighted by Gasteiger charge is 2.10. The van der Waals surface area contributed by atoms with Crippen molar-refractivity contribution in [2.75, 3.05) is 5.32 Å². The first-order valence-corrected chi connectivity index (χ1v) is 4.74. The van der Waals surface area contributed by atoms with Crippen LogP contribution in [-0.4, -0.2) is 21.0 Å². The molecular weight excluding hydrogens is 225 g/mol. The third-order valence-corrected chi connectivity index (χ3v) is 2.02. The maximum Gasteiger partial charge on any atom is 0.338 e. The minimum atomic E-state index is -1.30. The van der Waals surface area contributed by atoms with Crippen molar-refractivity contribution in [3.63, 3.8) is 0 Å². The topological polar surface area (TPSA) is 75.1 Å². The number of benzene rings is 1. The summed E-state index contributed by atoms with van der Waals surface area (Å²) >= 11 is 0. The Morgan fingerprint density at radius 2 is 2.00 bits per heavy atom. The number of aromatic carboxylic acids is 1. The number of nitrogens with one attached hydrogen (secondary N) is 1. The van der Waals surface area contributed by atoms with Crippen LogP contribution in [0.5, 0.6) is 0 Å². The van der Waals surface area contributed by atoms with Gasteiger partial charge in [0.25, 0.3) is 0 Å². The fourth-order valence-electron chi connectivity index (χ4n) is 1.26. The fraction of sp³-hybridized carbons (Fsp3) is 0. The monoisotopic (exact) mass is 233 g/mol. The zero-order valence-electron chi connectivity index (χ0n) is 8.59. The lowest BCUT2D eigenvalue weighted by molar-refractivity contribution is 0.0692. The molecule has 1 aromatic carbocycles. The van der Waals surface area contributed by atoms with E-state index in [9.17, 15) is 9.18 Å². The Bertz CT molecular complexity index is 546. The van der Waals surface area contributed by atoms with Crippen LogP contribution in [0, 0.1) is 5.82 Å². The average Bonchev–Trinajstić information content (AvgIpc) is 2.30. The number of anilines is 2. The van der Waals surface area contributed by atoms with E-state index in [0.29, 0.717) is 11.6 Å². The van der Waals surface area contributed by atoms with Gasteiger partial charge >= 0.3 is 5.97 Å². The highest BCUT2D eigenvalue weighted by Crippen LogP contribution is 2.17. The Kier molecular flexibility index (Phi) is 2.95. The van der Waals surface area contributed by atoms with Crippen molar-refractivity contribution >= 4 is 17.6 Å². The molecule has 0 aliphatic carbocycles. The van der Waals surface area contributed by atoms with E-state index in [1.165, 1.54) is 24.5 Å². The van der Waals surface area contributed by atoms with Crippen LogP contribution < -0.4 is 5.32 Å². The average molecular weight is 233 g/mol. The van der Waals surface area contributed by atoms with E-state index < -0.39 is 11.8 Å². The molecule has 1 aromatic heterocycles. The first-order valence-electron chi connectivity index (χ1n) is 4.74. The molecule has 0 atom stereocenters. The second-order valence-electron chi connectivity index (χ2n) is 3.20. The molecule has 0 amide bonds. The predicted molar refractivity (Wildman–Crippen MR) is 58.7 cm³/mol. The SMILES string of the molecule is O=C(O)c1ccc(Nc2ncccn2)cc1F. The van der Waals surface area contributed by atoms with Gasteiger partial charge in [0.1, 0.15) is 5.82 Å². The lowest BCUT2D eigenvalue weighted by Gasteiger charge is -2.05. The molecular formula is C11H8FN3O2. The van der Waals surface area contributed by atoms with Crippen LogP contribution >= 0.6 is 0 Å². The van der Waals surface area contributed by atoms with Crippen LogP contribution in [0.25, 0.3) is 0 Å². The van der Waals surface area contributed by atoms with Crippen molar-refractivity contribution in [1.29, 1.82) is 0 Å². The summed E-state index contributed by atoms with van der Waals surface area (Å²) < 4.78 is 13.3. The summed E-state index contributed by atoms with van der Waals surface area (Å²) in [6.45, 7) is 0. The molecule has 2 aromatic rings. The number of hydrogen-bond donors (Lipinski definition) is 2. The number of carboxylic acid groups (broad SMARTS) is 1. The van der Waals surface area contributed by atoms with E-state index in [-0.39, 0.29) is 5.56 Å². The first kappa shape index (κ1) is 11.0. The van der Waals surface area contributed by atoms with Gasteiger partial charge in [0.15, 0.2) is 0 Å². The molecule has 0 radical (unpaired) electrons. The predicted octanol–water partition coefficient (Wildman–Crippen LogP) is 2.06. The Balaban J connectivity index is 2.24. The van der Waals surface area contributed by atoms with E-state index in [4.69, 9.17) is 5.11 Å². The molecule has 2 rings (SSSR count). The summed E-state index contributed by atoms with van der Waals surface area (Å²) in [4.78, 5) is 18.4. The fourth-order valence-corrected chi connectivity index (χ4v) is 1.26. The zero-order valence-corrected chi connectivity index (χ0v) is 8.59. The Labute approximate surface area is 96.0 Å². The van der Waals surface area contributed by atoms with Crippen molar-refractivity contribution in [2.24, 2.45) is 0 Å². The van der Waals surface area contributed by atoms with Gasteiger partial charge in [0.05, 0.1) is 5.56 Å². The second kappa shape index (κ2) is 4.56. The summed E-state index contributed by atoms with van der Waals surface area (Å²) in [6.07, 6.45) is 3.08. The number of halogens is 1. The number of aromatic nitrogens is 2. The van der Waals surface area contributed by atoms with E-state index in [2.05, 4.69) is 15.3 Å². The molecule has 2 N–H and O–H groups in total. The van der Waals surface area contributed by atoms with Gasteiger partial charge in [0, 0.05) is 18.1 Å². The van der Waals surface area contributed by atoms with E-state index in [1.807, 2.05) is 0 Å². The van der Waals surface area contributed by atoms with Crippen LogP contribution in [0.4, 0.5) is 16.0 Å². The normalized spacial score (nSPS) is 9.94. The van der Waals surface area contributed by atoms with Crippen LogP contribution in [0.2, 0.25) is 0 Å². The van der Waals surface area contributed by atoms with Gasteiger partial charge in [-0.2, -0.15) is 0 Å². The summed E-state index contributed by atoms with van der Waals surface area (Å²) in [5, 5.41) is 11.4. The minimum absolute atomic E-state index is 0.315. The van der Waals surface area contributed by atoms with Gasteiger partial charge in [-0.15, -0.1) is 0 Å². The zero-order chi connectivity index (χ0) is 12.3. The quantitative estimate of drug-likeness (QED) is 0.848. The van der Waals surface area contributed by atoms with Crippen LogP contribution in [0.3, 0.4) is 0 Å². The molecule has 1 heterocycles. The lowest BCUT2D eigenvalue weighted by Crippen LogP contribution is -2.02. The molecule has 0 unspecified atom stereocenters. The van der Waals surface area contributed by atoms with Crippen LogP contribution in [0.1, 0.15) is 10.4 Å². The number of rotatable bonds is 3. The van der Waals surface area contributed by atoms with E-state index >= 15 is 0 Å². The van der Waals surface area contributed by atoms with Gasteiger partial charge in [0.2, 0.25) is 5.95 Å². The molecule has 0 bridgehead atoms. The van der Waals surface area contributed by atoms with Crippen molar-refractivity contribution < 1.29 is 14.3 Å². The van der Waals surface area contributed by atoms with Gasteiger partial charge in [-0.05, 0) is 24.3 Å². The third kappa shape index (κ3) is 2.54. The Morgan fingerprint density at radius 1 is 1.29 bits per heavy atom. The van der Waals surface area contributed by atoms with E-state index in [1.54, 1.807) is 6.07 Å². The van der Waals surface area contributed by atoms with Gasteiger partial charge in [-0.3, -0.25) is 0 Å². The van der Waals surface area contributed by atoms with E-state index in [0.717, 1.165) is 6.07 Å². The molecule has 6 heteroatoms. The summed E-state index contributed by atoms with van der Waals surface area (Å²) in [6, 6.07) is 5.37. The molecule has 0 saturated carbocycles. The number of hydrogen-bond acceptors (Lipinski definition) is 4. The Morgan fingerprint density at radius 3 is 2.59 bits per heavy atom. The van der Waals surface area contributed by atoms with Crippen molar-refractivity contribution in [2.45, 2.75) is 0 Å². The Hall–Kier alpha value is -2.50. The summed E-state index contributed by atoms with van der Waals surface area (Å²) in [5.41, 5.74) is 0.0169. The number of carboxylic acids is 1. The second-order valence-corrected chi connectivity index (χ2v) is 3.20. The number of nitrogens with zero attached hydrogens (tertiary/aromatic N) is 2. The standard InChI is InChI=1S/C11H8FN3O2/c12-9-6-7(2-3-8(9)10(16)17)15-11-13-4-1-5-14-11/h1-6H,(H,16,17)(H,13,14,15). The molecule has 5 nitrogen and oxygen atoms in total. The minimum Gasteiger partial charge on any atom is -0.478 e. The molecule has 0 saturated heterocycles. The maximum atomic E-state index is 13.3.